The summed E-state index contributed by atoms with van der Waals surface area (Å²) in [4.78, 5) is 2.06. The van der Waals surface area contributed by atoms with Gasteiger partial charge in [0.1, 0.15) is 0 Å². The first-order chi connectivity index (χ1) is 8.15. The van der Waals surface area contributed by atoms with E-state index in [-0.39, 0.29) is 0 Å². The lowest BCUT2D eigenvalue weighted by Crippen LogP contribution is -2.33. The number of amidine groups is 1. The van der Waals surface area contributed by atoms with Crippen molar-refractivity contribution in [2.45, 2.75) is 19.9 Å². The Morgan fingerprint density at radius 2 is 1.76 bits per heavy atom. The highest BCUT2D eigenvalue weighted by molar-refractivity contribution is 5.76. The predicted molar refractivity (Wildman–Crippen MR) is 67.1 cm³/mol. The Labute approximate surface area is 102 Å². The molecule has 0 aromatic heterocycles. The van der Waals surface area contributed by atoms with E-state index in [2.05, 4.69) is 4.90 Å². The summed E-state index contributed by atoms with van der Waals surface area (Å²) in [5.41, 5.74) is 2.51. The van der Waals surface area contributed by atoms with Gasteiger partial charge in [0.25, 0.3) is 0 Å². The fraction of sp³-hybridized carbons (Fsp3) is 0.462. The number of fused-ring (bicyclic) bond motifs is 1. The molecule has 1 aromatic carbocycles. The third-order valence-corrected chi connectivity index (χ3v) is 3.19. The van der Waals surface area contributed by atoms with Gasteiger partial charge in [-0.3, -0.25) is 5.41 Å². The van der Waals surface area contributed by atoms with Crippen molar-refractivity contribution in [1.82, 2.24) is 4.90 Å². The highest BCUT2D eigenvalue weighted by atomic mass is 16.5. The molecule has 92 valence electrons. The number of benzene rings is 1. The Kier molecular flexibility index (Phi) is 3.22. The van der Waals surface area contributed by atoms with Gasteiger partial charge >= 0.3 is 0 Å². The van der Waals surface area contributed by atoms with Crippen molar-refractivity contribution in [2.75, 3.05) is 20.8 Å². The number of methoxy groups -OCH3 is 2. The van der Waals surface area contributed by atoms with Crippen molar-refractivity contribution in [2.24, 2.45) is 0 Å². The number of hydrogen-bond donors (Lipinski definition) is 1. The normalized spacial score (nSPS) is 14.2. The first-order valence-corrected chi connectivity index (χ1v) is 5.69. The Morgan fingerprint density at radius 3 is 2.29 bits per heavy atom. The summed E-state index contributed by atoms with van der Waals surface area (Å²) < 4.78 is 10.6. The zero-order chi connectivity index (χ0) is 12.4. The van der Waals surface area contributed by atoms with Gasteiger partial charge in [0.2, 0.25) is 0 Å². The maximum absolute atomic E-state index is 7.68. The average Bonchev–Trinajstić information content (AvgIpc) is 2.36. The summed E-state index contributed by atoms with van der Waals surface area (Å²) in [5, 5.41) is 7.68. The van der Waals surface area contributed by atoms with Crippen LogP contribution in [0, 0.1) is 5.41 Å². The van der Waals surface area contributed by atoms with E-state index in [4.69, 9.17) is 14.9 Å². The highest BCUT2D eigenvalue weighted by Crippen LogP contribution is 2.33. The van der Waals surface area contributed by atoms with Crippen LogP contribution >= 0.6 is 0 Å². The van der Waals surface area contributed by atoms with Crippen LogP contribution in [0.2, 0.25) is 0 Å². The molecule has 0 unspecified atom stereocenters. The van der Waals surface area contributed by atoms with Gasteiger partial charge in [-0.05, 0) is 36.6 Å². The number of nitrogens with zero attached hydrogens (tertiary/aromatic N) is 1. The number of hydrogen-bond acceptors (Lipinski definition) is 3. The van der Waals surface area contributed by atoms with Crippen molar-refractivity contribution in [3.8, 4) is 11.5 Å². The smallest absolute Gasteiger partial charge is 0.161 e. The second-order valence-corrected chi connectivity index (χ2v) is 4.23. The van der Waals surface area contributed by atoms with E-state index in [1.807, 2.05) is 19.1 Å². The zero-order valence-corrected chi connectivity index (χ0v) is 10.5. The van der Waals surface area contributed by atoms with E-state index < -0.39 is 0 Å². The third-order valence-electron chi connectivity index (χ3n) is 3.19. The van der Waals surface area contributed by atoms with Crippen LogP contribution in [0.1, 0.15) is 18.1 Å². The van der Waals surface area contributed by atoms with E-state index in [1.54, 1.807) is 14.2 Å². The number of rotatable bonds is 2. The quantitative estimate of drug-likeness (QED) is 0.629. The monoisotopic (exact) mass is 234 g/mol. The van der Waals surface area contributed by atoms with Gasteiger partial charge in [-0.2, -0.15) is 0 Å². The van der Waals surface area contributed by atoms with Gasteiger partial charge in [0, 0.05) is 13.1 Å². The SMILES string of the molecule is COc1cc2c(cc1OC)CN(C(C)=N)CC2. The van der Waals surface area contributed by atoms with E-state index in [1.165, 1.54) is 11.1 Å². The molecule has 1 N–H and O–H groups in total. The fourth-order valence-electron chi connectivity index (χ4n) is 2.17. The Balaban J connectivity index is 2.35. The number of nitrogens with one attached hydrogen (secondary N) is 1. The molecule has 0 radical (unpaired) electrons. The van der Waals surface area contributed by atoms with E-state index in [9.17, 15) is 0 Å². The van der Waals surface area contributed by atoms with Gasteiger partial charge in [0.15, 0.2) is 11.5 Å². The maximum atomic E-state index is 7.68. The fourth-order valence-corrected chi connectivity index (χ4v) is 2.17. The maximum Gasteiger partial charge on any atom is 0.161 e. The van der Waals surface area contributed by atoms with Crippen LogP contribution in [0.4, 0.5) is 0 Å². The van der Waals surface area contributed by atoms with Gasteiger partial charge < -0.3 is 14.4 Å². The molecule has 0 fully saturated rings. The first kappa shape index (κ1) is 11.8. The molecule has 1 heterocycles. The Morgan fingerprint density at radius 1 is 1.18 bits per heavy atom. The lowest BCUT2D eigenvalue weighted by molar-refractivity contribution is 0.347. The molecule has 0 saturated heterocycles. The average molecular weight is 234 g/mol. The summed E-state index contributed by atoms with van der Waals surface area (Å²) >= 11 is 0. The molecule has 1 aliphatic rings. The molecule has 0 spiro atoms. The predicted octanol–water partition coefficient (Wildman–Crippen LogP) is 2.06. The van der Waals surface area contributed by atoms with Crippen LogP contribution < -0.4 is 9.47 Å². The van der Waals surface area contributed by atoms with Crippen LogP contribution in [0.25, 0.3) is 0 Å². The molecule has 0 atom stereocenters. The Bertz CT molecular complexity index is 443. The zero-order valence-electron chi connectivity index (χ0n) is 10.5. The molecule has 1 aromatic rings. The summed E-state index contributed by atoms with van der Waals surface area (Å²) in [6.45, 7) is 3.51. The van der Waals surface area contributed by atoms with Gasteiger partial charge in [0.05, 0.1) is 20.1 Å². The first-order valence-electron chi connectivity index (χ1n) is 5.69. The molecule has 4 heteroatoms. The summed E-state index contributed by atoms with van der Waals surface area (Å²) in [7, 11) is 3.30. The standard InChI is InChI=1S/C13H18N2O2/c1-9(14)15-5-4-10-6-12(16-2)13(17-3)7-11(10)8-15/h6-7,14H,4-5,8H2,1-3H3. The summed E-state index contributed by atoms with van der Waals surface area (Å²) in [6, 6.07) is 4.06. The highest BCUT2D eigenvalue weighted by Gasteiger charge is 2.19. The molecule has 0 aliphatic carbocycles. The van der Waals surface area contributed by atoms with Gasteiger partial charge in [-0.25, -0.2) is 0 Å². The second kappa shape index (κ2) is 4.65. The van der Waals surface area contributed by atoms with E-state index in [0.717, 1.165) is 31.0 Å². The summed E-state index contributed by atoms with van der Waals surface area (Å²) in [5.74, 6) is 2.16. The Hall–Kier alpha value is -1.71. The molecule has 0 bridgehead atoms. The molecule has 0 saturated carbocycles. The van der Waals surface area contributed by atoms with Crippen LogP contribution in [0.3, 0.4) is 0 Å². The van der Waals surface area contributed by atoms with Crippen LogP contribution in [-0.4, -0.2) is 31.5 Å². The lowest BCUT2D eigenvalue weighted by atomic mass is 9.99. The van der Waals surface area contributed by atoms with Crippen molar-refractivity contribution >= 4 is 5.84 Å². The molecular weight excluding hydrogens is 216 g/mol. The van der Waals surface area contributed by atoms with Crippen LogP contribution in [0.5, 0.6) is 11.5 Å². The largest absolute Gasteiger partial charge is 0.493 e. The molecule has 2 rings (SSSR count). The van der Waals surface area contributed by atoms with E-state index >= 15 is 0 Å². The molecule has 4 nitrogen and oxygen atoms in total. The minimum atomic E-state index is 0.616. The van der Waals surface area contributed by atoms with Gasteiger partial charge in [-0.1, -0.05) is 0 Å². The van der Waals surface area contributed by atoms with Crippen molar-refractivity contribution in [3.63, 3.8) is 0 Å². The summed E-state index contributed by atoms with van der Waals surface area (Å²) in [6.07, 6.45) is 0.950. The van der Waals surface area contributed by atoms with Crippen LogP contribution in [-0.2, 0) is 13.0 Å². The van der Waals surface area contributed by atoms with Gasteiger partial charge in [-0.15, -0.1) is 0 Å². The van der Waals surface area contributed by atoms with E-state index in [0.29, 0.717) is 5.84 Å². The molecule has 0 amide bonds. The lowest BCUT2D eigenvalue weighted by Gasteiger charge is -2.30. The number of ether oxygens (including phenoxy) is 2. The van der Waals surface area contributed by atoms with Crippen LogP contribution in [0.15, 0.2) is 12.1 Å². The topological polar surface area (TPSA) is 45.6 Å². The minimum Gasteiger partial charge on any atom is -0.493 e. The van der Waals surface area contributed by atoms with Crippen molar-refractivity contribution in [1.29, 1.82) is 5.41 Å². The molecule has 1 aliphatic heterocycles. The minimum absolute atomic E-state index is 0.616. The molecular formula is C13H18N2O2. The van der Waals surface area contributed by atoms with Crippen molar-refractivity contribution < 1.29 is 9.47 Å². The second-order valence-electron chi connectivity index (χ2n) is 4.23. The molecule has 17 heavy (non-hydrogen) atoms. The third kappa shape index (κ3) is 2.20. The van der Waals surface area contributed by atoms with Crippen molar-refractivity contribution in [3.05, 3.63) is 23.3 Å².